The van der Waals surface area contributed by atoms with Crippen molar-refractivity contribution < 1.29 is 14.3 Å². The summed E-state index contributed by atoms with van der Waals surface area (Å²) in [6, 6.07) is 9.99. The van der Waals surface area contributed by atoms with Gasteiger partial charge in [0.15, 0.2) is 11.4 Å². The third kappa shape index (κ3) is 2.12. The molecule has 0 saturated carbocycles. The van der Waals surface area contributed by atoms with E-state index < -0.39 is 4.94 Å². The van der Waals surface area contributed by atoms with Crippen molar-refractivity contribution in [3.63, 3.8) is 0 Å². The minimum atomic E-state index is -0.410. The highest BCUT2D eigenvalue weighted by Crippen LogP contribution is 2.33. The Kier molecular flexibility index (Phi) is 2.91. The molecule has 0 radical (unpaired) electrons. The second kappa shape index (κ2) is 4.61. The van der Waals surface area contributed by atoms with Crippen LogP contribution in [-0.4, -0.2) is 10.9 Å². The van der Waals surface area contributed by atoms with E-state index in [0.717, 1.165) is 16.9 Å². The molecule has 0 amide bonds. The van der Waals surface area contributed by atoms with Crippen LogP contribution in [0.3, 0.4) is 0 Å². The van der Waals surface area contributed by atoms with Crippen molar-refractivity contribution in [2.24, 2.45) is 0 Å². The van der Waals surface area contributed by atoms with Gasteiger partial charge in [0.25, 0.3) is 0 Å². The Morgan fingerprint density at radius 1 is 1.20 bits per heavy atom. The first-order valence-electron chi connectivity index (χ1n) is 5.92. The largest absolute Gasteiger partial charge is 0.508 e. The zero-order valence-corrected chi connectivity index (χ0v) is 11.4. The Morgan fingerprint density at radius 3 is 2.55 bits per heavy atom. The number of benzene rings is 2. The summed E-state index contributed by atoms with van der Waals surface area (Å²) in [4.78, 5) is 22.2. The molecule has 1 aromatic heterocycles. The van der Waals surface area contributed by atoms with Crippen LogP contribution in [-0.2, 0) is 0 Å². The van der Waals surface area contributed by atoms with Crippen LogP contribution in [0.25, 0.3) is 21.4 Å². The van der Waals surface area contributed by atoms with Gasteiger partial charge in [-0.05, 0) is 18.6 Å². The second-order valence-corrected chi connectivity index (χ2v) is 5.39. The number of fused-ring (bicyclic) bond motifs is 1. The highest BCUT2D eigenvalue weighted by atomic mass is 32.1. The van der Waals surface area contributed by atoms with Crippen molar-refractivity contribution in [1.29, 1.82) is 0 Å². The number of hydrogen-bond donors (Lipinski definition) is 1. The predicted molar refractivity (Wildman–Crippen MR) is 77.5 cm³/mol. The molecule has 1 heterocycles. The number of carbonyl (C=O) groups is 1. The minimum Gasteiger partial charge on any atom is -0.508 e. The van der Waals surface area contributed by atoms with E-state index in [1.165, 1.54) is 13.0 Å². The van der Waals surface area contributed by atoms with Gasteiger partial charge in [0, 0.05) is 17.2 Å². The smallest absolute Gasteiger partial charge is 0.396 e. The highest BCUT2D eigenvalue weighted by molar-refractivity contribution is 7.16. The maximum absolute atomic E-state index is 11.4. The molecule has 0 bridgehead atoms. The number of aromatic hydroxyl groups is 1. The molecule has 0 fully saturated rings. The standard InChI is InChI=1S/C15H10O4S/c1-8(16)9-2-4-10(5-3-9)12-6-11(17)7-13-14(12)19-15(18)20-13/h2-7,17H,1H3. The van der Waals surface area contributed by atoms with Crippen LogP contribution in [0.4, 0.5) is 0 Å². The van der Waals surface area contributed by atoms with Crippen LogP contribution in [0.15, 0.2) is 45.6 Å². The molecule has 0 unspecified atom stereocenters. The zero-order valence-electron chi connectivity index (χ0n) is 10.5. The molecule has 20 heavy (non-hydrogen) atoms. The zero-order chi connectivity index (χ0) is 14.3. The molecule has 3 rings (SSSR count). The number of ketones is 1. The van der Waals surface area contributed by atoms with Gasteiger partial charge in [0.2, 0.25) is 0 Å². The first kappa shape index (κ1) is 12.6. The van der Waals surface area contributed by atoms with Gasteiger partial charge in [-0.3, -0.25) is 4.79 Å². The van der Waals surface area contributed by atoms with Crippen molar-refractivity contribution in [3.8, 4) is 16.9 Å². The molecule has 100 valence electrons. The molecule has 0 aliphatic rings. The number of hydrogen-bond acceptors (Lipinski definition) is 5. The summed E-state index contributed by atoms with van der Waals surface area (Å²) in [6.07, 6.45) is 0. The lowest BCUT2D eigenvalue weighted by atomic mass is 10.0. The third-order valence-corrected chi connectivity index (χ3v) is 3.79. The number of phenolic OH excluding ortho intramolecular Hbond substituents is 1. The number of phenols is 1. The molecule has 0 spiro atoms. The van der Waals surface area contributed by atoms with Gasteiger partial charge >= 0.3 is 4.94 Å². The number of carbonyl (C=O) groups excluding carboxylic acids is 1. The molecule has 2 aromatic carbocycles. The summed E-state index contributed by atoms with van der Waals surface area (Å²) in [5.74, 6) is 0.0554. The number of rotatable bonds is 2. The summed E-state index contributed by atoms with van der Waals surface area (Å²) in [7, 11) is 0. The Bertz CT molecular complexity index is 856. The quantitative estimate of drug-likeness (QED) is 0.733. The van der Waals surface area contributed by atoms with Crippen LogP contribution in [0, 0.1) is 0 Å². The monoisotopic (exact) mass is 286 g/mol. The predicted octanol–water partition coefficient (Wildman–Crippen LogP) is 3.43. The van der Waals surface area contributed by atoms with Crippen LogP contribution in [0.1, 0.15) is 17.3 Å². The molecule has 4 nitrogen and oxygen atoms in total. The molecular weight excluding hydrogens is 276 g/mol. The molecule has 0 aliphatic heterocycles. The van der Waals surface area contributed by atoms with Gasteiger partial charge < -0.3 is 9.52 Å². The lowest BCUT2D eigenvalue weighted by Gasteiger charge is -2.04. The molecule has 3 aromatic rings. The van der Waals surface area contributed by atoms with Gasteiger partial charge in [-0.15, -0.1) is 0 Å². The average Bonchev–Trinajstić information content (AvgIpc) is 2.78. The van der Waals surface area contributed by atoms with Gasteiger partial charge in [-0.1, -0.05) is 35.6 Å². The van der Waals surface area contributed by atoms with E-state index in [2.05, 4.69) is 0 Å². The Labute approximate surface area is 117 Å². The summed E-state index contributed by atoms with van der Waals surface area (Å²) >= 11 is 0.947. The van der Waals surface area contributed by atoms with Gasteiger partial charge in [-0.25, -0.2) is 4.79 Å². The van der Waals surface area contributed by atoms with Crippen molar-refractivity contribution in [2.45, 2.75) is 6.92 Å². The summed E-state index contributed by atoms with van der Waals surface area (Å²) in [5.41, 5.74) is 2.47. The maximum Gasteiger partial charge on any atom is 0.396 e. The lowest BCUT2D eigenvalue weighted by molar-refractivity contribution is 0.101. The van der Waals surface area contributed by atoms with Crippen molar-refractivity contribution >= 4 is 27.4 Å². The van der Waals surface area contributed by atoms with Crippen molar-refractivity contribution in [1.82, 2.24) is 0 Å². The van der Waals surface area contributed by atoms with Crippen LogP contribution in [0.5, 0.6) is 5.75 Å². The van der Waals surface area contributed by atoms with E-state index in [1.54, 1.807) is 30.3 Å². The summed E-state index contributed by atoms with van der Waals surface area (Å²) < 4.78 is 5.77. The van der Waals surface area contributed by atoms with E-state index in [4.69, 9.17) is 4.42 Å². The van der Waals surface area contributed by atoms with Crippen LogP contribution >= 0.6 is 11.3 Å². The average molecular weight is 286 g/mol. The molecular formula is C15H10O4S. The molecule has 0 atom stereocenters. The molecule has 5 heteroatoms. The van der Waals surface area contributed by atoms with E-state index in [-0.39, 0.29) is 11.5 Å². The lowest BCUT2D eigenvalue weighted by Crippen LogP contribution is -1.91. The molecule has 0 saturated heterocycles. The molecule has 0 aliphatic carbocycles. The van der Waals surface area contributed by atoms with Crippen LogP contribution in [0.2, 0.25) is 0 Å². The fraction of sp³-hybridized carbons (Fsp3) is 0.0667. The van der Waals surface area contributed by atoms with E-state index in [1.807, 2.05) is 0 Å². The summed E-state index contributed by atoms with van der Waals surface area (Å²) in [6.45, 7) is 1.50. The Hall–Kier alpha value is -2.40. The SMILES string of the molecule is CC(=O)c1ccc(-c2cc(O)cc3sc(=O)oc23)cc1. The Morgan fingerprint density at radius 2 is 1.90 bits per heavy atom. The number of Topliss-reactive ketones (excluding diaryl/α,β-unsaturated/α-hetero) is 1. The fourth-order valence-corrected chi connectivity index (χ4v) is 2.79. The van der Waals surface area contributed by atoms with E-state index in [9.17, 15) is 14.7 Å². The third-order valence-electron chi connectivity index (χ3n) is 3.02. The van der Waals surface area contributed by atoms with Crippen molar-refractivity contribution in [3.05, 3.63) is 51.7 Å². The minimum absolute atomic E-state index is 0.0142. The summed E-state index contributed by atoms with van der Waals surface area (Å²) in [5, 5.41) is 9.73. The highest BCUT2D eigenvalue weighted by Gasteiger charge is 2.12. The second-order valence-electron chi connectivity index (χ2n) is 4.41. The first-order chi connectivity index (χ1) is 9.54. The van der Waals surface area contributed by atoms with Crippen molar-refractivity contribution in [2.75, 3.05) is 0 Å². The van der Waals surface area contributed by atoms with E-state index >= 15 is 0 Å². The fourth-order valence-electron chi connectivity index (χ4n) is 2.06. The van der Waals surface area contributed by atoms with Gasteiger partial charge in [-0.2, -0.15) is 0 Å². The topological polar surface area (TPSA) is 67.5 Å². The first-order valence-corrected chi connectivity index (χ1v) is 6.74. The van der Waals surface area contributed by atoms with Gasteiger partial charge in [0.05, 0.1) is 4.70 Å². The maximum atomic E-state index is 11.4. The van der Waals surface area contributed by atoms with Crippen LogP contribution < -0.4 is 4.94 Å². The normalized spacial score (nSPS) is 10.8. The van der Waals surface area contributed by atoms with Gasteiger partial charge in [0.1, 0.15) is 5.75 Å². The Balaban J connectivity index is 2.22. The molecule has 1 N–H and O–H groups in total. The van der Waals surface area contributed by atoms with E-state index in [0.29, 0.717) is 21.4 Å².